The Bertz CT molecular complexity index is 847. The topological polar surface area (TPSA) is 86.5 Å². The molecule has 0 aliphatic carbocycles. The average Bonchev–Trinajstić information content (AvgIpc) is 3.04. The Kier molecular flexibility index (Phi) is 3.50. The molecule has 0 fully saturated rings. The van der Waals surface area contributed by atoms with Crippen molar-refractivity contribution >= 4 is 33.9 Å². The summed E-state index contributed by atoms with van der Waals surface area (Å²) in [5, 5.41) is 0.806. The predicted octanol–water partition coefficient (Wildman–Crippen LogP) is 1.71. The van der Waals surface area contributed by atoms with Gasteiger partial charge in [0.1, 0.15) is 5.58 Å². The molecule has 116 valence electrons. The maximum absolute atomic E-state index is 11.7. The maximum atomic E-state index is 11.7. The van der Waals surface area contributed by atoms with Crippen LogP contribution in [0.15, 0.2) is 22.6 Å². The second kappa shape index (κ2) is 5.34. The highest BCUT2D eigenvalue weighted by Gasteiger charge is 2.18. The fourth-order valence-corrected chi connectivity index (χ4v) is 2.49. The molecule has 0 saturated carbocycles. The molecule has 0 unspecified atom stereocenters. The number of carbonyl (C=O) groups excluding carboxylic acids is 1. The minimum absolute atomic E-state index is 0.170. The molecule has 0 saturated heterocycles. The van der Waals surface area contributed by atoms with E-state index >= 15 is 0 Å². The molecule has 7 nitrogen and oxygen atoms in total. The van der Waals surface area contributed by atoms with Crippen molar-refractivity contribution in [1.29, 1.82) is 0 Å². The molecule has 3 aromatic rings. The van der Waals surface area contributed by atoms with Gasteiger partial charge in [0, 0.05) is 24.5 Å². The number of fused-ring (bicyclic) bond motifs is 3. The van der Waals surface area contributed by atoms with Gasteiger partial charge in [0.2, 0.25) is 11.7 Å². The van der Waals surface area contributed by atoms with E-state index in [0.29, 0.717) is 18.1 Å². The zero-order valence-electron chi connectivity index (χ0n) is 12.8. The lowest BCUT2D eigenvalue weighted by Crippen LogP contribution is -2.19. The van der Waals surface area contributed by atoms with E-state index in [1.165, 1.54) is 7.11 Å². The summed E-state index contributed by atoms with van der Waals surface area (Å²) < 4.78 is 12.2. The van der Waals surface area contributed by atoms with Crippen molar-refractivity contribution in [3.63, 3.8) is 0 Å². The summed E-state index contributed by atoms with van der Waals surface area (Å²) >= 11 is 0. The summed E-state index contributed by atoms with van der Waals surface area (Å²) in [5.74, 6) is 0.116. The molecule has 2 N–H and O–H groups in total. The van der Waals surface area contributed by atoms with Crippen LogP contribution in [0.4, 0.5) is 5.95 Å². The molecule has 0 atom stereocenters. The maximum Gasteiger partial charge on any atom is 0.373 e. The number of nitrogens with two attached hydrogens (primary N) is 1. The minimum Gasteiger partial charge on any atom is -0.463 e. The number of hydrogen-bond acceptors (Lipinski definition) is 6. The van der Waals surface area contributed by atoms with Crippen molar-refractivity contribution in [2.24, 2.45) is 0 Å². The van der Waals surface area contributed by atoms with E-state index in [1.807, 2.05) is 24.7 Å². The van der Waals surface area contributed by atoms with Crippen LogP contribution >= 0.6 is 0 Å². The van der Waals surface area contributed by atoms with E-state index in [4.69, 9.17) is 14.9 Å². The van der Waals surface area contributed by atoms with Gasteiger partial charge in [0.15, 0.2) is 0 Å². The number of nitrogens with zero attached hydrogens (tertiary/aromatic N) is 3. The number of rotatable bonds is 4. The van der Waals surface area contributed by atoms with Gasteiger partial charge in [-0.25, -0.2) is 9.78 Å². The van der Waals surface area contributed by atoms with Gasteiger partial charge in [-0.05, 0) is 26.2 Å². The molecule has 0 radical (unpaired) electrons. The molecule has 1 aromatic carbocycles. The van der Waals surface area contributed by atoms with E-state index in [-0.39, 0.29) is 5.76 Å². The SMILES string of the molecule is COC(=O)c1cc2c(ccc3nc(N)n(CCN(C)C)c32)o1. The van der Waals surface area contributed by atoms with Gasteiger partial charge in [-0.2, -0.15) is 0 Å². The van der Waals surface area contributed by atoms with Crippen molar-refractivity contribution in [1.82, 2.24) is 14.5 Å². The van der Waals surface area contributed by atoms with Crippen molar-refractivity contribution < 1.29 is 13.9 Å². The summed E-state index contributed by atoms with van der Waals surface area (Å²) in [6, 6.07) is 5.30. The summed E-state index contributed by atoms with van der Waals surface area (Å²) in [6.45, 7) is 1.53. The molecule has 0 spiro atoms. The molecule has 0 amide bonds. The van der Waals surface area contributed by atoms with Crippen LogP contribution in [-0.2, 0) is 11.3 Å². The minimum atomic E-state index is -0.503. The molecule has 22 heavy (non-hydrogen) atoms. The average molecular weight is 302 g/mol. The van der Waals surface area contributed by atoms with E-state index in [2.05, 4.69) is 9.88 Å². The predicted molar refractivity (Wildman–Crippen MR) is 83.8 cm³/mol. The van der Waals surface area contributed by atoms with Gasteiger partial charge in [-0.1, -0.05) is 0 Å². The Hall–Kier alpha value is -2.54. The second-order valence-corrected chi connectivity index (χ2v) is 5.37. The molecule has 2 heterocycles. The fraction of sp³-hybridized carbons (Fsp3) is 0.333. The molecule has 0 bridgehead atoms. The summed E-state index contributed by atoms with van der Waals surface area (Å²) in [7, 11) is 5.32. The van der Waals surface area contributed by atoms with Crippen LogP contribution in [0.5, 0.6) is 0 Å². The summed E-state index contributed by atoms with van der Waals surface area (Å²) in [4.78, 5) is 18.1. The Morgan fingerprint density at radius 2 is 2.23 bits per heavy atom. The monoisotopic (exact) mass is 302 g/mol. The van der Waals surface area contributed by atoms with Crippen LogP contribution in [-0.4, -0.2) is 48.2 Å². The standard InChI is InChI=1S/C15H18N4O3/c1-18(2)6-7-19-13-9-8-12(14(20)21-3)22-11(9)5-4-10(13)17-15(19)16/h4-5,8H,6-7H2,1-3H3,(H2,16,17). The number of imidazole rings is 1. The first kappa shape index (κ1) is 14.4. The molecule has 3 rings (SSSR count). The van der Waals surface area contributed by atoms with E-state index in [9.17, 15) is 4.79 Å². The lowest BCUT2D eigenvalue weighted by Gasteiger charge is -2.11. The number of aromatic nitrogens is 2. The lowest BCUT2D eigenvalue weighted by molar-refractivity contribution is 0.0567. The number of anilines is 1. The van der Waals surface area contributed by atoms with E-state index < -0.39 is 5.97 Å². The van der Waals surface area contributed by atoms with Gasteiger partial charge >= 0.3 is 5.97 Å². The van der Waals surface area contributed by atoms with Gasteiger partial charge in [0.05, 0.1) is 18.1 Å². The van der Waals surface area contributed by atoms with Crippen LogP contribution in [0.1, 0.15) is 10.6 Å². The fourth-order valence-electron chi connectivity index (χ4n) is 2.49. The third kappa shape index (κ3) is 2.29. The van der Waals surface area contributed by atoms with Gasteiger partial charge < -0.3 is 24.4 Å². The number of esters is 1. The number of furan rings is 1. The first-order chi connectivity index (χ1) is 10.5. The highest BCUT2D eigenvalue weighted by Crippen LogP contribution is 2.30. The highest BCUT2D eigenvalue weighted by molar-refractivity contribution is 6.06. The van der Waals surface area contributed by atoms with Gasteiger partial charge in [-0.15, -0.1) is 0 Å². The van der Waals surface area contributed by atoms with Gasteiger partial charge in [-0.3, -0.25) is 0 Å². The quantitative estimate of drug-likeness (QED) is 0.738. The number of hydrogen-bond donors (Lipinski definition) is 1. The molecule has 2 aromatic heterocycles. The Morgan fingerprint density at radius 1 is 1.45 bits per heavy atom. The van der Waals surface area contributed by atoms with Crippen LogP contribution in [0, 0.1) is 0 Å². The van der Waals surface area contributed by atoms with Gasteiger partial charge in [0.25, 0.3) is 0 Å². The van der Waals surface area contributed by atoms with E-state index in [0.717, 1.165) is 23.0 Å². The zero-order chi connectivity index (χ0) is 15.9. The first-order valence-corrected chi connectivity index (χ1v) is 6.92. The van der Waals surface area contributed by atoms with Crippen LogP contribution in [0.2, 0.25) is 0 Å². The summed E-state index contributed by atoms with van der Waals surface area (Å²) in [5.41, 5.74) is 8.29. The lowest BCUT2D eigenvalue weighted by atomic mass is 10.2. The molecular formula is C15H18N4O3. The molecule has 0 aliphatic heterocycles. The summed E-state index contributed by atoms with van der Waals surface area (Å²) in [6.07, 6.45) is 0. The normalized spacial score (nSPS) is 11.6. The Labute approximate surface area is 127 Å². The molecule has 0 aliphatic rings. The number of benzene rings is 1. The third-order valence-electron chi connectivity index (χ3n) is 3.59. The van der Waals surface area contributed by atoms with E-state index in [1.54, 1.807) is 12.1 Å². The molecular weight excluding hydrogens is 284 g/mol. The Morgan fingerprint density at radius 3 is 2.91 bits per heavy atom. The van der Waals surface area contributed by atoms with Crippen molar-refractivity contribution in [2.75, 3.05) is 33.5 Å². The molecule has 7 heteroatoms. The largest absolute Gasteiger partial charge is 0.463 e. The van der Waals surface area contributed by atoms with Crippen LogP contribution in [0.3, 0.4) is 0 Å². The van der Waals surface area contributed by atoms with Crippen molar-refractivity contribution in [3.05, 3.63) is 24.0 Å². The van der Waals surface area contributed by atoms with Crippen molar-refractivity contribution in [3.8, 4) is 0 Å². The Balaban J connectivity index is 2.20. The second-order valence-electron chi connectivity index (χ2n) is 5.37. The number of nitrogen functional groups attached to an aromatic ring is 1. The number of carbonyl (C=O) groups is 1. The highest BCUT2D eigenvalue weighted by atomic mass is 16.5. The first-order valence-electron chi connectivity index (χ1n) is 6.92. The van der Waals surface area contributed by atoms with Crippen LogP contribution in [0.25, 0.3) is 22.0 Å². The number of likely N-dealkylation sites (N-methyl/N-ethyl adjacent to an activating group) is 1. The third-order valence-corrected chi connectivity index (χ3v) is 3.59. The number of methoxy groups -OCH3 is 1. The van der Waals surface area contributed by atoms with Crippen LogP contribution < -0.4 is 5.73 Å². The van der Waals surface area contributed by atoms with Crippen molar-refractivity contribution in [2.45, 2.75) is 6.54 Å². The smallest absolute Gasteiger partial charge is 0.373 e. The number of ether oxygens (including phenoxy) is 1. The zero-order valence-corrected chi connectivity index (χ0v) is 12.8.